The second-order valence-corrected chi connectivity index (χ2v) is 10.4. The molecule has 1 atom stereocenters. The predicted octanol–water partition coefficient (Wildman–Crippen LogP) is 3.64. The molecule has 29 heavy (non-hydrogen) atoms. The molecular formula is C20H21ClN2O4S2. The zero-order chi connectivity index (χ0) is 21.0. The Morgan fingerprint density at radius 2 is 1.93 bits per heavy atom. The largest absolute Gasteiger partial charge is 0.352 e. The summed E-state index contributed by atoms with van der Waals surface area (Å²) in [6.45, 7) is 2.23. The van der Waals surface area contributed by atoms with E-state index in [2.05, 4.69) is 10.6 Å². The summed E-state index contributed by atoms with van der Waals surface area (Å²) in [7, 11) is -3.65. The fourth-order valence-electron chi connectivity index (χ4n) is 2.83. The molecule has 0 bridgehead atoms. The SMILES string of the molecule is CCC1Sc2ccc(S(=O)(=O)CCC(=O)NCc3ccc(Cl)cc3)cc2NC1=O. The van der Waals surface area contributed by atoms with Gasteiger partial charge in [0.1, 0.15) is 0 Å². The first-order valence-corrected chi connectivity index (χ1v) is 12.0. The molecule has 154 valence electrons. The Bertz CT molecular complexity index is 1020. The Kier molecular flexibility index (Phi) is 6.87. The Morgan fingerprint density at radius 3 is 2.62 bits per heavy atom. The van der Waals surface area contributed by atoms with Crippen LogP contribution in [0, 0.1) is 0 Å². The number of benzene rings is 2. The van der Waals surface area contributed by atoms with Crippen molar-refractivity contribution in [1.82, 2.24) is 5.32 Å². The number of carbonyl (C=O) groups excluding carboxylic acids is 2. The van der Waals surface area contributed by atoms with E-state index in [0.717, 1.165) is 10.5 Å². The minimum atomic E-state index is -3.65. The summed E-state index contributed by atoms with van der Waals surface area (Å²) in [5.41, 5.74) is 1.37. The summed E-state index contributed by atoms with van der Waals surface area (Å²) in [5.74, 6) is -0.783. The number of sulfone groups is 1. The van der Waals surface area contributed by atoms with E-state index >= 15 is 0 Å². The van der Waals surface area contributed by atoms with Crippen molar-refractivity contribution in [2.24, 2.45) is 0 Å². The van der Waals surface area contributed by atoms with Gasteiger partial charge in [0.05, 0.1) is 21.6 Å². The van der Waals surface area contributed by atoms with Gasteiger partial charge in [0.25, 0.3) is 0 Å². The van der Waals surface area contributed by atoms with Crippen LogP contribution in [0.4, 0.5) is 5.69 Å². The van der Waals surface area contributed by atoms with Gasteiger partial charge in [0.15, 0.2) is 9.84 Å². The molecule has 1 heterocycles. The molecule has 3 rings (SSSR count). The number of carbonyl (C=O) groups is 2. The van der Waals surface area contributed by atoms with Crippen LogP contribution in [0.5, 0.6) is 0 Å². The average Bonchev–Trinajstić information content (AvgIpc) is 2.71. The molecule has 0 saturated heterocycles. The number of anilines is 1. The van der Waals surface area contributed by atoms with Crippen molar-refractivity contribution in [2.45, 2.75) is 41.4 Å². The summed E-state index contributed by atoms with van der Waals surface area (Å²) in [6, 6.07) is 11.7. The van der Waals surface area contributed by atoms with Crippen molar-refractivity contribution >= 4 is 50.7 Å². The van der Waals surface area contributed by atoms with Crippen LogP contribution in [-0.4, -0.2) is 31.2 Å². The number of thioether (sulfide) groups is 1. The van der Waals surface area contributed by atoms with Crippen molar-refractivity contribution in [2.75, 3.05) is 11.1 Å². The van der Waals surface area contributed by atoms with Crippen LogP contribution >= 0.6 is 23.4 Å². The van der Waals surface area contributed by atoms with Crippen LogP contribution in [-0.2, 0) is 26.0 Å². The lowest BCUT2D eigenvalue weighted by Gasteiger charge is -2.23. The van der Waals surface area contributed by atoms with Gasteiger partial charge >= 0.3 is 0 Å². The average molecular weight is 453 g/mol. The van der Waals surface area contributed by atoms with Crippen LogP contribution in [0.3, 0.4) is 0 Å². The van der Waals surface area contributed by atoms with E-state index in [1.165, 1.54) is 23.9 Å². The number of hydrogen-bond donors (Lipinski definition) is 2. The van der Waals surface area contributed by atoms with Gasteiger partial charge in [-0.3, -0.25) is 9.59 Å². The molecule has 6 nitrogen and oxygen atoms in total. The van der Waals surface area contributed by atoms with Crippen LogP contribution < -0.4 is 10.6 Å². The van der Waals surface area contributed by atoms with Crippen LogP contribution in [0.25, 0.3) is 0 Å². The highest BCUT2D eigenvalue weighted by atomic mass is 35.5. The lowest BCUT2D eigenvalue weighted by molar-refractivity contribution is -0.121. The highest BCUT2D eigenvalue weighted by Crippen LogP contribution is 2.38. The van der Waals surface area contributed by atoms with Gasteiger partial charge in [0, 0.05) is 22.9 Å². The fourth-order valence-corrected chi connectivity index (χ4v) is 5.24. The summed E-state index contributed by atoms with van der Waals surface area (Å²) in [4.78, 5) is 25.0. The van der Waals surface area contributed by atoms with E-state index in [4.69, 9.17) is 11.6 Å². The zero-order valence-electron chi connectivity index (χ0n) is 15.8. The smallest absolute Gasteiger partial charge is 0.237 e. The third-order valence-electron chi connectivity index (χ3n) is 4.50. The molecule has 1 aliphatic rings. The topological polar surface area (TPSA) is 92.3 Å². The minimum absolute atomic E-state index is 0.0950. The number of nitrogens with one attached hydrogen (secondary N) is 2. The van der Waals surface area contributed by atoms with E-state index in [1.54, 1.807) is 30.3 Å². The lowest BCUT2D eigenvalue weighted by Crippen LogP contribution is -2.28. The van der Waals surface area contributed by atoms with Gasteiger partial charge in [0.2, 0.25) is 11.8 Å². The first kappa shape index (κ1) is 21.7. The number of hydrogen-bond acceptors (Lipinski definition) is 5. The molecular weight excluding hydrogens is 432 g/mol. The molecule has 0 fully saturated rings. The van der Waals surface area contributed by atoms with Crippen molar-refractivity contribution < 1.29 is 18.0 Å². The highest BCUT2D eigenvalue weighted by molar-refractivity contribution is 8.01. The van der Waals surface area contributed by atoms with Gasteiger partial charge in [-0.15, -0.1) is 11.8 Å². The van der Waals surface area contributed by atoms with Crippen molar-refractivity contribution in [1.29, 1.82) is 0 Å². The minimum Gasteiger partial charge on any atom is -0.352 e. The van der Waals surface area contributed by atoms with Crippen LogP contribution in [0.2, 0.25) is 5.02 Å². The molecule has 2 N–H and O–H groups in total. The first-order chi connectivity index (χ1) is 13.8. The maximum Gasteiger partial charge on any atom is 0.237 e. The van der Waals surface area contributed by atoms with Crippen LogP contribution in [0.1, 0.15) is 25.3 Å². The molecule has 0 aromatic heterocycles. The Labute approximate surface area is 179 Å². The van der Waals surface area contributed by atoms with E-state index < -0.39 is 9.84 Å². The summed E-state index contributed by atoms with van der Waals surface area (Å²) < 4.78 is 25.2. The maximum absolute atomic E-state index is 12.6. The summed E-state index contributed by atoms with van der Waals surface area (Å²) >= 11 is 7.25. The molecule has 1 aliphatic heterocycles. The standard InChI is InChI=1S/C20H21ClN2O4S2/c1-2-17-20(25)23-16-11-15(7-8-18(16)28-17)29(26,27)10-9-19(24)22-12-13-3-5-14(21)6-4-13/h3-8,11,17H,2,9-10,12H2,1H3,(H,22,24)(H,23,25). The second-order valence-electron chi connectivity index (χ2n) is 6.63. The molecule has 0 radical (unpaired) electrons. The quantitative estimate of drug-likeness (QED) is 0.669. The monoisotopic (exact) mass is 452 g/mol. The Morgan fingerprint density at radius 1 is 1.21 bits per heavy atom. The lowest BCUT2D eigenvalue weighted by atomic mass is 10.2. The molecule has 1 unspecified atom stereocenters. The Hall–Kier alpha value is -2.03. The fraction of sp³-hybridized carbons (Fsp3) is 0.300. The molecule has 0 aliphatic carbocycles. The number of halogens is 1. The van der Waals surface area contributed by atoms with Gasteiger partial charge < -0.3 is 10.6 Å². The van der Waals surface area contributed by atoms with Crippen molar-refractivity contribution in [3.63, 3.8) is 0 Å². The van der Waals surface area contributed by atoms with E-state index in [0.29, 0.717) is 23.7 Å². The molecule has 9 heteroatoms. The summed E-state index contributed by atoms with van der Waals surface area (Å²) in [5, 5.41) is 5.91. The van der Waals surface area contributed by atoms with Crippen molar-refractivity contribution in [3.05, 3.63) is 53.1 Å². The number of amides is 2. The molecule has 0 spiro atoms. The van der Waals surface area contributed by atoms with Crippen LogP contribution in [0.15, 0.2) is 52.3 Å². The molecule has 2 aromatic carbocycles. The summed E-state index contributed by atoms with van der Waals surface area (Å²) in [6.07, 6.45) is 0.549. The predicted molar refractivity (Wildman–Crippen MR) is 115 cm³/mol. The zero-order valence-corrected chi connectivity index (χ0v) is 18.2. The first-order valence-electron chi connectivity index (χ1n) is 9.14. The number of fused-ring (bicyclic) bond motifs is 1. The van der Waals surface area contributed by atoms with E-state index in [-0.39, 0.29) is 34.1 Å². The molecule has 0 saturated carbocycles. The third-order valence-corrected chi connectivity index (χ3v) is 7.91. The highest BCUT2D eigenvalue weighted by Gasteiger charge is 2.27. The van der Waals surface area contributed by atoms with E-state index in [1.807, 2.05) is 6.92 Å². The van der Waals surface area contributed by atoms with E-state index in [9.17, 15) is 18.0 Å². The second kappa shape index (κ2) is 9.19. The van der Waals surface area contributed by atoms with Gasteiger partial charge in [-0.05, 0) is 42.3 Å². The Balaban J connectivity index is 1.59. The van der Waals surface area contributed by atoms with Gasteiger partial charge in [-0.2, -0.15) is 0 Å². The number of rotatable bonds is 7. The van der Waals surface area contributed by atoms with Gasteiger partial charge in [-0.25, -0.2) is 8.42 Å². The van der Waals surface area contributed by atoms with Gasteiger partial charge in [-0.1, -0.05) is 30.7 Å². The maximum atomic E-state index is 12.6. The normalized spacial score (nSPS) is 16.1. The molecule has 2 amide bonds. The molecule has 2 aromatic rings. The third kappa shape index (κ3) is 5.52. The van der Waals surface area contributed by atoms with Crippen molar-refractivity contribution in [3.8, 4) is 0 Å².